The van der Waals surface area contributed by atoms with E-state index in [9.17, 15) is 0 Å². The van der Waals surface area contributed by atoms with Crippen LogP contribution in [0, 0.1) is 0 Å². The summed E-state index contributed by atoms with van der Waals surface area (Å²) in [6, 6.07) is 19.1. The molecule has 0 radical (unpaired) electrons. The molecule has 2 aromatic rings. The quantitative estimate of drug-likeness (QED) is 0.154. The molecule has 0 heterocycles. The minimum absolute atomic E-state index is 0. The van der Waals surface area contributed by atoms with Crippen molar-refractivity contribution in [1.82, 2.24) is 0 Å². The van der Waals surface area contributed by atoms with Crippen LogP contribution in [0.4, 0.5) is 0 Å². The predicted molar refractivity (Wildman–Crippen MR) is 109 cm³/mol. The summed E-state index contributed by atoms with van der Waals surface area (Å²) in [7, 11) is 0.148. The van der Waals surface area contributed by atoms with Gasteiger partial charge < -0.3 is 30.3 Å². The van der Waals surface area contributed by atoms with E-state index in [4.69, 9.17) is 0 Å². The number of hydrogen-bond donors (Lipinski definition) is 0. The summed E-state index contributed by atoms with van der Waals surface area (Å²) < 4.78 is 0. The number of rotatable bonds is 11. The minimum Gasteiger partial charge on any atom is -0.748 e. The van der Waals surface area contributed by atoms with Crippen molar-refractivity contribution in [3.8, 4) is 0 Å². The van der Waals surface area contributed by atoms with Crippen LogP contribution in [0.15, 0.2) is 54.6 Å². The van der Waals surface area contributed by atoms with E-state index in [1.54, 1.807) is 5.30 Å². The van der Waals surface area contributed by atoms with Gasteiger partial charge in [-0.2, -0.15) is 12.1 Å². The van der Waals surface area contributed by atoms with Gasteiger partial charge in [0.05, 0.1) is 0 Å². The van der Waals surface area contributed by atoms with E-state index in [0.717, 1.165) is 0 Å². The maximum atomic E-state index is 2.35. The van der Waals surface area contributed by atoms with Gasteiger partial charge in [-0.25, -0.2) is 12.1 Å². The average molecular weight is 432 g/mol. The molecule has 0 spiro atoms. The van der Waals surface area contributed by atoms with E-state index in [1.807, 2.05) is 30.3 Å². The van der Waals surface area contributed by atoms with Crippen LogP contribution in [0.3, 0.4) is 0 Å². The van der Waals surface area contributed by atoms with Crippen molar-refractivity contribution in [3.63, 3.8) is 0 Å². The average Bonchev–Trinajstić information content (AvgIpc) is 3.28. The van der Waals surface area contributed by atoms with E-state index in [-0.39, 0.29) is 27.4 Å². The van der Waals surface area contributed by atoms with Gasteiger partial charge in [0.15, 0.2) is 0 Å². The molecule has 0 aliphatic rings. The molecule has 0 unspecified atom stereocenters. The van der Waals surface area contributed by atoms with Crippen LogP contribution in [-0.2, 0) is 19.5 Å². The van der Waals surface area contributed by atoms with Crippen LogP contribution in [0.25, 0.3) is 0 Å². The van der Waals surface area contributed by atoms with Crippen molar-refractivity contribution in [2.75, 3.05) is 12.3 Å². The Balaban J connectivity index is 0.000000751. The minimum atomic E-state index is 0. The molecule has 24 heavy (non-hydrogen) atoms. The molecule has 142 valence electrons. The van der Waals surface area contributed by atoms with Crippen molar-refractivity contribution < 1.29 is 19.5 Å². The Kier molecular flexibility index (Phi) is 17.4. The van der Waals surface area contributed by atoms with Gasteiger partial charge in [0.2, 0.25) is 0 Å². The van der Waals surface area contributed by atoms with Gasteiger partial charge in [0.25, 0.3) is 0 Å². The molecule has 2 heteroatoms. The summed E-state index contributed by atoms with van der Waals surface area (Å²) in [5.74, 6) is 0. The Morgan fingerprint density at radius 2 is 1.08 bits per heavy atom. The summed E-state index contributed by atoms with van der Waals surface area (Å²) in [6.45, 7) is 4.59. The van der Waals surface area contributed by atoms with Crippen LogP contribution in [-0.4, -0.2) is 12.3 Å². The molecule has 0 fully saturated rings. The molecule has 0 atom stereocenters. The molecule has 0 amide bonds. The van der Waals surface area contributed by atoms with Crippen LogP contribution < -0.4 is 5.30 Å². The second kappa shape index (κ2) is 17.6. The van der Waals surface area contributed by atoms with Crippen molar-refractivity contribution in [3.05, 3.63) is 54.6 Å². The molecule has 0 nitrogen and oxygen atoms in total. The SMILES string of the molecule is CCCCCCP(CCCCCC)[c-]1cccc1.[Ru].[cH-]1[cH-][cH-][cH-][cH-]1. The predicted octanol–water partition coefficient (Wildman–Crippen LogP) is 7.08. The van der Waals surface area contributed by atoms with E-state index in [0.29, 0.717) is 0 Å². The van der Waals surface area contributed by atoms with Gasteiger partial charge in [0.1, 0.15) is 0 Å². The summed E-state index contributed by atoms with van der Waals surface area (Å²) in [5, 5.41) is 1.65. The zero-order valence-corrected chi connectivity index (χ0v) is 18.2. The summed E-state index contributed by atoms with van der Waals surface area (Å²) in [6.07, 6.45) is 14.2. The largest absolute Gasteiger partial charge is 0.748 e. The molecular formula is C22H35PRu-6. The topological polar surface area (TPSA) is 0 Å². The van der Waals surface area contributed by atoms with Gasteiger partial charge in [0, 0.05) is 19.5 Å². The molecule has 0 saturated heterocycles. The first-order valence-electron chi connectivity index (χ1n) is 9.51. The number of unbranched alkanes of at least 4 members (excludes halogenated alkanes) is 6. The first kappa shape index (κ1) is 23.8. The van der Waals surface area contributed by atoms with Gasteiger partial charge in [-0.05, 0) is 25.2 Å². The van der Waals surface area contributed by atoms with E-state index < -0.39 is 0 Å². The molecule has 2 aromatic carbocycles. The molecular weight excluding hydrogens is 396 g/mol. The third-order valence-electron chi connectivity index (χ3n) is 4.13. The van der Waals surface area contributed by atoms with Crippen LogP contribution in [0.5, 0.6) is 0 Å². The van der Waals surface area contributed by atoms with Crippen LogP contribution in [0.2, 0.25) is 0 Å². The first-order valence-corrected chi connectivity index (χ1v) is 11.2. The Hall–Kier alpha value is -0.247. The molecule has 2 rings (SSSR count). The van der Waals surface area contributed by atoms with E-state index >= 15 is 0 Å². The summed E-state index contributed by atoms with van der Waals surface area (Å²) in [4.78, 5) is 0. The Morgan fingerprint density at radius 1 is 0.667 bits per heavy atom. The Bertz CT molecular complexity index is 390. The maximum Gasteiger partial charge on any atom is 0 e. The first-order chi connectivity index (χ1) is 11.4. The fraction of sp³-hybridized carbons (Fsp3) is 0.545. The molecule has 0 aliphatic carbocycles. The van der Waals surface area contributed by atoms with Gasteiger partial charge in [-0.15, -0.1) is 13.2 Å². The maximum absolute atomic E-state index is 2.35. The normalized spacial score (nSPS) is 10.1. The van der Waals surface area contributed by atoms with Gasteiger partial charge >= 0.3 is 0 Å². The molecule has 0 bridgehead atoms. The van der Waals surface area contributed by atoms with Crippen molar-refractivity contribution in [1.29, 1.82) is 0 Å². The summed E-state index contributed by atoms with van der Waals surface area (Å²) in [5.41, 5.74) is 0. The van der Waals surface area contributed by atoms with Crippen LogP contribution >= 0.6 is 7.92 Å². The monoisotopic (exact) mass is 432 g/mol. The third kappa shape index (κ3) is 12.2. The number of hydrogen-bond acceptors (Lipinski definition) is 0. The van der Waals surface area contributed by atoms with Crippen molar-refractivity contribution >= 4 is 13.2 Å². The second-order valence-electron chi connectivity index (χ2n) is 6.21. The molecule has 0 saturated carbocycles. The Labute approximate surface area is 164 Å². The van der Waals surface area contributed by atoms with Crippen molar-refractivity contribution in [2.45, 2.75) is 65.2 Å². The second-order valence-corrected chi connectivity index (χ2v) is 8.70. The molecule has 0 aromatic heterocycles. The fourth-order valence-corrected chi connectivity index (χ4v) is 5.27. The van der Waals surface area contributed by atoms with Crippen LogP contribution in [0.1, 0.15) is 65.2 Å². The Morgan fingerprint density at radius 3 is 1.46 bits per heavy atom. The zero-order valence-electron chi connectivity index (χ0n) is 15.6. The third-order valence-corrected chi connectivity index (χ3v) is 6.87. The van der Waals surface area contributed by atoms with E-state index in [1.165, 1.54) is 63.7 Å². The van der Waals surface area contributed by atoms with E-state index in [2.05, 4.69) is 38.1 Å². The molecule has 0 aliphatic heterocycles. The fourth-order valence-electron chi connectivity index (χ4n) is 2.72. The summed E-state index contributed by atoms with van der Waals surface area (Å²) >= 11 is 0. The van der Waals surface area contributed by atoms with Crippen molar-refractivity contribution in [2.24, 2.45) is 0 Å². The van der Waals surface area contributed by atoms with Gasteiger partial charge in [-0.3, -0.25) is 0 Å². The zero-order chi connectivity index (χ0) is 16.6. The smallest absolute Gasteiger partial charge is 0 e. The molecule has 0 N–H and O–H groups in total. The standard InChI is InChI=1S/C17H30P.C5H5.Ru/c1-3-5-7-11-15-18(16-12-8-6-4-2)17-13-9-10-14-17;1-2-4-5-3-1;/h9-10,13-14H,3-8,11-12,15-16H2,1-2H3;1-5H;/q-1;-5;. The van der Waals surface area contributed by atoms with Gasteiger partial charge in [-0.1, -0.05) is 52.4 Å².